The highest BCUT2D eigenvalue weighted by Crippen LogP contribution is 2.41. The van der Waals surface area contributed by atoms with Crippen LogP contribution in [0.3, 0.4) is 0 Å². The van der Waals surface area contributed by atoms with Crippen LogP contribution in [-0.2, 0) is 6.54 Å². The second kappa shape index (κ2) is 10.8. The van der Waals surface area contributed by atoms with Crippen molar-refractivity contribution in [1.29, 1.82) is 0 Å². The number of rotatable bonds is 10. The fourth-order valence-electron chi connectivity index (χ4n) is 4.25. The van der Waals surface area contributed by atoms with E-state index in [1.807, 2.05) is 24.9 Å². The Morgan fingerprint density at radius 1 is 1.18 bits per heavy atom. The van der Waals surface area contributed by atoms with E-state index in [1.54, 1.807) is 6.20 Å². The summed E-state index contributed by atoms with van der Waals surface area (Å²) in [4.78, 5) is 24.2. The van der Waals surface area contributed by atoms with Crippen molar-refractivity contribution in [2.24, 2.45) is 5.73 Å². The number of thioether (sulfide) groups is 1. The third-order valence-electron chi connectivity index (χ3n) is 6.07. The van der Waals surface area contributed by atoms with E-state index in [-0.39, 0.29) is 18.2 Å². The Morgan fingerprint density at radius 2 is 1.91 bits per heavy atom. The first-order valence-corrected chi connectivity index (χ1v) is 12.9. The average molecular weight is 475 g/mol. The van der Waals surface area contributed by atoms with Crippen molar-refractivity contribution in [3.05, 3.63) is 76.7 Å². The fraction of sp³-hybridized carbons (Fsp3) is 0.393. The standard InChI is InChI=1S/C28H34N4OS/c1-17(2)34-22-10-8-20(9-11-22)25-16-31-27(21-6-7-21)28(32-25)26(33)14-24(29)23-12-5-19(15-30-4)13-18(23)3/h5,8-13,16-17,21,24,30H,6-7,14-15,29H2,1-4H3. The summed E-state index contributed by atoms with van der Waals surface area (Å²) in [6.45, 7) is 7.22. The van der Waals surface area contributed by atoms with Crippen molar-refractivity contribution in [2.75, 3.05) is 7.05 Å². The molecule has 1 fully saturated rings. The molecule has 4 rings (SSSR count). The fourth-order valence-corrected chi connectivity index (χ4v) is 5.09. The van der Waals surface area contributed by atoms with Crippen LogP contribution in [0.25, 0.3) is 11.3 Å². The number of ketones is 1. The number of nitrogens with zero attached hydrogens (tertiary/aromatic N) is 2. The second-order valence-electron chi connectivity index (χ2n) is 9.41. The Kier molecular flexibility index (Phi) is 7.81. The van der Waals surface area contributed by atoms with E-state index in [9.17, 15) is 4.79 Å². The van der Waals surface area contributed by atoms with E-state index >= 15 is 0 Å². The number of nitrogens with two attached hydrogens (primary N) is 1. The van der Waals surface area contributed by atoms with Crippen LogP contribution in [0.2, 0.25) is 0 Å². The molecule has 1 aliphatic carbocycles. The number of Topliss-reactive ketones (excluding diaryl/α,β-unsaturated/α-hetero) is 1. The van der Waals surface area contributed by atoms with E-state index in [1.165, 1.54) is 10.5 Å². The van der Waals surface area contributed by atoms with Gasteiger partial charge in [0.05, 0.1) is 17.6 Å². The molecule has 5 nitrogen and oxygen atoms in total. The van der Waals surface area contributed by atoms with Gasteiger partial charge in [0.1, 0.15) is 5.69 Å². The van der Waals surface area contributed by atoms with Crippen LogP contribution in [0.4, 0.5) is 0 Å². The predicted molar refractivity (Wildman–Crippen MR) is 140 cm³/mol. The molecule has 178 valence electrons. The minimum atomic E-state index is -0.374. The van der Waals surface area contributed by atoms with Gasteiger partial charge < -0.3 is 11.1 Å². The minimum absolute atomic E-state index is 0.0329. The van der Waals surface area contributed by atoms with Crippen LogP contribution >= 0.6 is 11.8 Å². The van der Waals surface area contributed by atoms with Crippen molar-refractivity contribution >= 4 is 17.5 Å². The van der Waals surface area contributed by atoms with Gasteiger partial charge in [0.25, 0.3) is 0 Å². The smallest absolute Gasteiger partial charge is 0.184 e. The summed E-state index contributed by atoms with van der Waals surface area (Å²) in [5.41, 5.74) is 12.8. The van der Waals surface area contributed by atoms with Gasteiger partial charge in [0.2, 0.25) is 0 Å². The third kappa shape index (κ3) is 5.93. The van der Waals surface area contributed by atoms with Gasteiger partial charge in [0.15, 0.2) is 5.78 Å². The van der Waals surface area contributed by atoms with E-state index < -0.39 is 0 Å². The molecule has 1 unspecified atom stereocenters. The Bertz CT molecular complexity index is 1160. The molecule has 0 bridgehead atoms. The molecule has 0 spiro atoms. The van der Waals surface area contributed by atoms with Crippen molar-refractivity contribution in [3.8, 4) is 11.3 Å². The number of carbonyl (C=O) groups is 1. The Labute approximate surface area is 207 Å². The SMILES string of the molecule is CNCc1ccc(C(N)CC(=O)c2nc(-c3ccc(SC(C)C)cc3)cnc2C2CC2)c(C)c1. The number of nitrogens with one attached hydrogen (secondary N) is 1. The number of aryl methyl sites for hydroxylation is 1. The van der Waals surface area contributed by atoms with E-state index in [0.29, 0.717) is 16.9 Å². The summed E-state index contributed by atoms with van der Waals surface area (Å²) < 4.78 is 0. The van der Waals surface area contributed by atoms with Crippen molar-refractivity contribution in [2.45, 2.75) is 68.7 Å². The Hall–Kier alpha value is -2.54. The molecule has 1 saturated carbocycles. The van der Waals surface area contributed by atoms with Crippen LogP contribution in [0.1, 0.15) is 77.9 Å². The highest BCUT2D eigenvalue weighted by atomic mass is 32.2. The topological polar surface area (TPSA) is 80.9 Å². The van der Waals surface area contributed by atoms with E-state index in [2.05, 4.69) is 62.5 Å². The molecule has 0 aliphatic heterocycles. The van der Waals surface area contributed by atoms with Gasteiger partial charge in [-0.05, 0) is 55.6 Å². The molecule has 2 aromatic carbocycles. The van der Waals surface area contributed by atoms with Gasteiger partial charge in [-0.1, -0.05) is 44.2 Å². The second-order valence-corrected chi connectivity index (χ2v) is 11.1. The maximum atomic E-state index is 13.4. The summed E-state index contributed by atoms with van der Waals surface area (Å²) in [6.07, 6.45) is 4.15. The van der Waals surface area contributed by atoms with Gasteiger partial charge in [-0.25, -0.2) is 4.98 Å². The quantitative estimate of drug-likeness (QED) is 0.285. The molecule has 34 heavy (non-hydrogen) atoms. The predicted octanol–water partition coefficient (Wildman–Crippen LogP) is 5.82. The number of hydrogen-bond acceptors (Lipinski definition) is 6. The lowest BCUT2D eigenvalue weighted by Crippen LogP contribution is -2.19. The Morgan fingerprint density at radius 3 is 2.53 bits per heavy atom. The first kappa shape index (κ1) is 24.6. The lowest BCUT2D eigenvalue weighted by molar-refractivity contribution is 0.0968. The molecule has 1 aliphatic rings. The normalized spacial score (nSPS) is 14.4. The highest BCUT2D eigenvalue weighted by molar-refractivity contribution is 7.99. The molecule has 3 aromatic rings. The third-order valence-corrected chi connectivity index (χ3v) is 7.09. The first-order chi connectivity index (χ1) is 16.4. The maximum Gasteiger partial charge on any atom is 0.184 e. The summed E-state index contributed by atoms with van der Waals surface area (Å²) in [5, 5.41) is 3.69. The zero-order valence-corrected chi connectivity index (χ0v) is 21.3. The zero-order chi connectivity index (χ0) is 24.2. The van der Waals surface area contributed by atoms with Gasteiger partial charge in [0, 0.05) is 40.6 Å². The van der Waals surface area contributed by atoms with Crippen LogP contribution in [0, 0.1) is 6.92 Å². The van der Waals surface area contributed by atoms with Gasteiger partial charge in [-0.2, -0.15) is 0 Å². The van der Waals surface area contributed by atoms with Crippen LogP contribution in [0.5, 0.6) is 0 Å². The summed E-state index contributed by atoms with van der Waals surface area (Å²) >= 11 is 1.83. The van der Waals surface area contributed by atoms with Crippen molar-refractivity contribution < 1.29 is 4.79 Å². The maximum absolute atomic E-state index is 13.4. The Balaban J connectivity index is 1.57. The molecule has 1 atom stereocenters. The molecule has 3 N–H and O–H groups in total. The zero-order valence-electron chi connectivity index (χ0n) is 20.5. The molecule has 0 amide bonds. The largest absolute Gasteiger partial charge is 0.324 e. The van der Waals surface area contributed by atoms with Crippen LogP contribution in [-0.4, -0.2) is 28.0 Å². The number of carbonyl (C=O) groups excluding carboxylic acids is 1. The van der Waals surface area contributed by atoms with E-state index in [4.69, 9.17) is 15.7 Å². The molecular formula is C28H34N4OS. The minimum Gasteiger partial charge on any atom is -0.324 e. The summed E-state index contributed by atoms with van der Waals surface area (Å²) in [7, 11) is 1.93. The molecule has 0 radical (unpaired) electrons. The monoisotopic (exact) mass is 474 g/mol. The van der Waals surface area contributed by atoms with Crippen LogP contribution in [0.15, 0.2) is 53.6 Å². The van der Waals surface area contributed by atoms with Crippen molar-refractivity contribution in [3.63, 3.8) is 0 Å². The first-order valence-electron chi connectivity index (χ1n) is 12.0. The molecule has 1 heterocycles. The highest BCUT2D eigenvalue weighted by Gasteiger charge is 2.31. The molecular weight excluding hydrogens is 440 g/mol. The average Bonchev–Trinajstić information content (AvgIpc) is 3.64. The van der Waals surface area contributed by atoms with Crippen molar-refractivity contribution in [1.82, 2.24) is 15.3 Å². The van der Waals surface area contributed by atoms with E-state index in [0.717, 1.165) is 47.5 Å². The number of benzene rings is 2. The molecule has 6 heteroatoms. The lowest BCUT2D eigenvalue weighted by Gasteiger charge is -2.16. The number of aromatic nitrogens is 2. The van der Waals surface area contributed by atoms with Gasteiger partial charge in [-0.3, -0.25) is 9.78 Å². The summed E-state index contributed by atoms with van der Waals surface area (Å²) in [5.74, 6) is 0.304. The number of hydrogen-bond donors (Lipinski definition) is 2. The van der Waals surface area contributed by atoms with Crippen LogP contribution < -0.4 is 11.1 Å². The molecule has 1 aromatic heterocycles. The van der Waals surface area contributed by atoms with Gasteiger partial charge >= 0.3 is 0 Å². The van der Waals surface area contributed by atoms with Gasteiger partial charge in [-0.15, -0.1) is 11.8 Å². The summed E-state index contributed by atoms with van der Waals surface area (Å²) in [6, 6.07) is 14.2. The molecule has 0 saturated heterocycles. The lowest BCUT2D eigenvalue weighted by atomic mass is 9.94.